The number of hydrogen-bond acceptors (Lipinski definition) is 4. The minimum atomic E-state index is -0.851. The summed E-state index contributed by atoms with van der Waals surface area (Å²) >= 11 is 0. The molecule has 1 aliphatic heterocycles. The lowest BCUT2D eigenvalue weighted by molar-refractivity contribution is -0.140. The smallest absolute Gasteiger partial charge is 0.310 e. The van der Waals surface area contributed by atoms with Gasteiger partial charge in [-0.1, -0.05) is 18.2 Å². The Bertz CT molecular complexity index is 874. The van der Waals surface area contributed by atoms with Crippen molar-refractivity contribution >= 4 is 23.4 Å². The summed E-state index contributed by atoms with van der Waals surface area (Å²) < 4.78 is 1.69. The molecule has 0 bridgehead atoms. The Morgan fingerprint density at radius 3 is 2.59 bits per heavy atom. The van der Waals surface area contributed by atoms with Crippen molar-refractivity contribution < 1.29 is 14.4 Å². The largest absolute Gasteiger partial charge is 0.346 e. The van der Waals surface area contributed by atoms with Gasteiger partial charge in [0.05, 0.1) is 12.2 Å². The number of hydrogen-bond donors (Lipinski definition) is 2. The number of anilines is 1. The van der Waals surface area contributed by atoms with Crippen LogP contribution in [0.2, 0.25) is 0 Å². The SMILES string of the molecule is Cc1ccn(CCNC(=O)C(=O)N[C@H]2C(=O)N(C(C)C)c3ccccc32)n1. The lowest BCUT2D eigenvalue weighted by atomic mass is 10.1. The van der Waals surface area contributed by atoms with Crippen LogP contribution in [0.1, 0.15) is 31.1 Å². The first-order valence-electron chi connectivity index (χ1n) is 8.89. The monoisotopic (exact) mass is 369 g/mol. The van der Waals surface area contributed by atoms with Crippen LogP contribution in [-0.2, 0) is 20.9 Å². The van der Waals surface area contributed by atoms with Gasteiger partial charge in [-0.25, -0.2) is 0 Å². The summed E-state index contributed by atoms with van der Waals surface area (Å²) in [5, 5.41) is 9.32. The van der Waals surface area contributed by atoms with Crippen LogP contribution in [0.4, 0.5) is 5.69 Å². The number of aryl methyl sites for hydroxylation is 1. The molecule has 0 radical (unpaired) electrons. The maximum atomic E-state index is 12.7. The van der Waals surface area contributed by atoms with E-state index >= 15 is 0 Å². The number of amides is 3. The average molecular weight is 369 g/mol. The van der Waals surface area contributed by atoms with Crippen molar-refractivity contribution in [3.8, 4) is 0 Å². The first-order chi connectivity index (χ1) is 12.9. The van der Waals surface area contributed by atoms with Gasteiger partial charge >= 0.3 is 11.8 Å². The molecular weight excluding hydrogens is 346 g/mol. The molecule has 3 rings (SSSR count). The number of carbonyl (C=O) groups excluding carboxylic acids is 3. The van der Waals surface area contributed by atoms with Crippen LogP contribution in [0.3, 0.4) is 0 Å². The van der Waals surface area contributed by atoms with Gasteiger partial charge in [-0.2, -0.15) is 5.10 Å². The Labute approximate surface area is 157 Å². The topological polar surface area (TPSA) is 96.3 Å². The third-order valence-electron chi connectivity index (χ3n) is 4.39. The van der Waals surface area contributed by atoms with E-state index in [0.29, 0.717) is 12.1 Å². The van der Waals surface area contributed by atoms with Gasteiger partial charge in [0.1, 0.15) is 6.04 Å². The molecule has 0 saturated heterocycles. The highest BCUT2D eigenvalue weighted by atomic mass is 16.2. The number of nitrogens with one attached hydrogen (secondary N) is 2. The second kappa shape index (κ2) is 7.61. The molecule has 8 heteroatoms. The minimum absolute atomic E-state index is 0.0492. The maximum Gasteiger partial charge on any atom is 0.310 e. The Kier molecular flexibility index (Phi) is 5.25. The van der Waals surface area contributed by atoms with Crippen LogP contribution in [-0.4, -0.2) is 40.1 Å². The first-order valence-corrected chi connectivity index (χ1v) is 8.89. The quantitative estimate of drug-likeness (QED) is 0.766. The van der Waals surface area contributed by atoms with Gasteiger partial charge in [0.15, 0.2) is 0 Å². The molecule has 142 valence electrons. The van der Waals surface area contributed by atoms with Crippen molar-refractivity contribution in [3.63, 3.8) is 0 Å². The number of carbonyl (C=O) groups is 3. The lowest BCUT2D eigenvalue weighted by Gasteiger charge is -2.22. The first kappa shape index (κ1) is 18.6. The minimum Gasteiger partial charge on any atom is -0.346 e. The molecule has 0 fully saturated rings. The summed E-state index contributed by atoms with van der Waals surface area (Å²) in [6.07, 6.45) is 1.80. The number of rotatable bonds is 5. The summed E-state index contributed by atoms with van der Waals surface area (Å²) in [5.74, 6) is -1.84. The van der Waals surface area contributed by atoms with Crippen LogP contribution < -0.4 is 15.5 Å². The predicted molar refractivity (Wildman–Crippen MR) is 99.9 cm³/mol. The second-order valence-electron chi connectivity index (χ2n) is 6.74. The van der Waals surface area contributed by atoms with E-state index in [-0.39, 0.29) is 18.5 Å². The van der Waals surface area contributed by atoms with E-state index < -0.39 is 17.9 Å². The van der Waals surface area contributed by atoms with E-state index in [1.165, 1.54) is 0 Å². The molecule has 1 aliphatic rings. The van der Waals surface area contributed by atoms with Crippen LogP contribution in [0, 0.1) is 6.92 Å². The third-order valence-corrected chi connectivity index (χ3v) is 4.39. The van der Waals surface area contributed by atoms with Crippen molar-refractivity contribution in [1.82, 2.24) is 20.4 Å². The van der Waals surface area contributed by atoms with Gasteiger partial charge in [-0.3, -0.25) is 19.1 Å². The van der Waals surface area contributed by atoms with Crippen molar-refractivity contribution in [2.75, 3.05) is 11.4 Å². The van der Waals surface area contributed by atoms with Crippen LogP contribution >= 0.6 is 0 Å². The Morgan fingerprint density at radius 2 is 1.93 bits per heavy atom. The molecule has 8 nitrogen and oxygen atoms in total. The summed E-state index contributed by atoms with van der Waals surface area (Å²) in [6.45, 7) is 6.41. The number of aromatic nitrogens is 2. The van der Waals surface area contributed by atoms with E-state index in [1.807, 2.05) is 39.0 Å². The fraction of sp³-hybridized carbons (Fsp3) is 0.368. The number of benzene rings is 1. The molecule has 2 heterocycles. The molecule has 1 atom stereocenters. The molecule has 1 aromatic heterocycles. The zero-order valence-electron chi connectivity index (χ0n) is 15.6. The van der Waals surface area contributed by atoms with E-state index in [1.54, 1.807) is 27.9 Å². The summed E-state index contributed by atoms with van der Waals surface area (Å²) in [5.41, 5.74) is 2.34. The highest BCUT2D eigenvalue weighted by Gasteiger charge is 2.39. The summed E-state index contributed by atoms with van der Waals surface area (Å²) in [6, 6.07) is 8.24. The average Bonchev–Trinajstić information content (AvgIpc) is 3.16. The van der Waals surface area contributed by atoms with E-state index in [4.69, 9.17) is 0 Å². The molecule has 2 N–H and O–H groups in total. The Hall–Kier alpha value is -3.16. The molecule has 0 spiro atoms. The molecule has 1 aromatic carbocycles. The number of para-hydroxylation sites is 1. The lowest BCUT2D eigenvalue weighted by Crippen LogP contribution is -2.46. The van der Waals surface area contributed by atoms with Crippen LogP contribution in [0.25, 0.3) is 0 Å². The fourth-order valence-corrected chi connectivity index (χ4v) is 3.16. The normalized spacial score (nSPS) is 15.8. The van der Waals surface area contributed by atoms with Gasteiger partial charge in [0.25, 0.3) is 5.91 Å². The Balaban J connectivity index is 1.61. The molecule has 2 aromatic rings. The zero-order chi connectivity index (χ0) is 19.6. The number of nitrogens with zero attached hydrogens (tertiary/aromatic N) is 3. The van der Waals surface area contributed by atoms with E-state index in [0.717, 1.165) is 11.4 Å². The predicted octanol–water partition coefficient (Wildman–Crippen LogP) is 0.920. The summed E-state index contributed by atoms with van der Waals surface area (Å²) in [4.78, 5) is 38.7. The molecule has 0 saturated carbocycles. The van der Waals surface area contributed by atoms with E-state index in [2.05, 4.69) is 15.7 Å². The molecule has 27 heavy (non-hydrogen) atoms. The highest BCUT2D eigenvalue weighted by Crippen LogP contribution is 2.36. The summed E-state index contributed by atoms with van der Waals surface area (Å²) in [7, 11) is 0. The molecule has 3 amide bonds. The maximum absolute atomic E-state index is 12.7. The number of fused-ring (bicyclic) bond motifs is 1. The fourth-order valence-electron chi connectivity index (χ4n) is 3.16. The highest BCUT2D eigenvalue weighted by molar-refractivity contribution is 6.35. The molecule has 0 aliphatic carbocycles. The van der Waals surface area contributed by atoms with Gasteiger partial charge < -0.3 is 15.5 Å². The standard InChI is InChI=1S/C19H23N5O3/c1-12(2)24-15-7-5-4-6-14(15)16(19(24)27)21-18(26)17(25)20-9-11-23-10-8-13(3)22-23/h4-8,10,12,16H,9,11H2,1-3H3,(H,20,25)(H,21,26)/t16-/m1/s1. The van der Waals surface area contributed by atoms with Gasteiger partial charge in [0.2, 0.25) is 0 Å². The van der Waals surface area contributed by atoms with Crippen molar-refractivity contribution in [2.45, 2.75) is 39.4 Å². The van der Waals surface area contributed by atoms with Gasteiger partial charge in [0, 0.05) is 30.0 Å². The van der Waals surface area contributed by atoms with Gasteiger partial charge in [-0.05, 0) is 32.9 Å². The van der Waals surface area contributed by atoms with Crippen molar-refractivity contribution in [3.05, 3.63) is 47.8 Å². The van der Waals surface area contributed by atoms with Crippen LogP contribution in [0.15, 0.2) is 36.5 Å². The molecular formula is C19H23N5O3. The second-order valence-corrected chi connectivity index (χ2v) is 6.74. The Morgan fingerprint density at radius 1 is 1.19 bits per heavy atom. The van der Waals surface area contributed by atoms with Gasteiger partial charge in [-0.15, -0.1) is 0 Å². The third kappa shape index (κ3) is 3.84. The molecule has 0 unspecified atom stereocenters. The van der Waals surface area contributed by atoms with Crippen LogP contribution in [0.5, 0.6) is 0 Å². The van der Waals surface area contributed by atoms with E-state index in [9.17, 15) is 14.4 Å². The zero-order valence-corrected chi connectivity index (χ0v) is 15.6. The van der Waals surface area contributed by atoms with Crippen molar-refractivity contribution in [2.24, 2.45) is 0 Å². The van der Waals surface area contributed by atoms with Crippen molar-refractivity contribution in [1.29, 1.82) is 0 Å².